The molecule has 0 saturated carbocycles. The van der Waals surface area contributed by atoms with Gasteiger partial charge in [0.15, 0.2) is 17.6 Å². The third-order valence-electron chi connectivity index (χ3n) is 3.27. The van der Waals surface area contributed by atoms with Crippen molar-refractivity contribution < 1.29 is 55.2 Å². The summed E-state index contributed by atoms with van der Waals surface area (Å²) in [5.41, 5.74) is -0.182. The van der Waals surface area contributed by atoms with Gasteiger partial charge in [-0.2, -0.15) is 0 Å². The summed E-state index contributed by atoms with van der Waals surface area (Å²) >= 11 is 0. The number of ether oxygens (including phenoxy) is 1. The minimum absolute atomic E-state index is 0.182. The normalized spacial score (nSPS) is 17.2. The summed E-state index contributed by atoms with van der Waals surface area (Å²) in [5.74, 6) is -3.95. The Morgan fingerprint density at radius 3 is 2.04 bits per heavy atom. The molecule has 11 heteroatoms. The third kappa shape index (κ3) is 5.27. The number of aliphatic carboxylic acids is 1. The van der Waals surface area contributed by atoms with Gasteiger partial charge in [-0.15, -0.1) is 0 Å². The average Bonchev–Trinajstić information content (AvgIpc) is 2.58. The molecule has 0 radical (unpaired) electrons. The maximum absolute atomic E-state index is 11.7. The predicted molar refractivity (Wildman–Crippen MR) is 77.7 cm³/mol. The van der Waals surface area contributed by atoms with Gasteiger partial charge in [-0.25, -0.2) is 9.59 Å². The van der Waals surface area contributed by atoms with E-state index >= 15 is 0 Å². The Balaban J connectivity index is 2.62. The fraction of sp³-hybridized carbons (Fsp3) is 0.429. The van der Waals surface area contributed by atoms with Crippen LogP contribution in [0.3, 0.4) is 0 Å². The van der Waals surface area contributed by atoms with Crippen molar-refractivity contribution in [2.75, 3.05) is 6.61 Å². The lowest BCUT2D eigenvalue weighted by Gasteiger charge is -2.27. The van der Waals surface area contributed by atoms with E-state index in [1.807, 2.05) is 0 Å². The standard InChI is InChI=1S/C14H18O11/c15-6-2-1-5(3-7(6)16)14(24)25-4-8(17)9(18)10(19)11(20)12(21)13(22)23/h1-3,8-12,15-21H,4H2,(H,22,23). The molecule has 1 aromatic rings. The lowest BCUT2D eigenvalue weighted by Crippen LogP contribution is -2.52. The average molecular weight is 362 g/mol. The fourth-order valence-corrected chi connectivity index (χ4v) is 1.76. The van der Waals surface area contributed by atoms with Crippen LogP contribution in [0, 0.1) is 0 Å². The van der Waals surface area contributed by atoms with Gasteiger partial charge in [0.25, 0.3) is 0 Å². The minimum Gasteiger partial charge on any atom is -0.504 e. The lowest BCUT2D eigenvalue weighted by molar-refractivity contribution is -0.169. The van der Waals surface area contributed by atoms with Gasteiger partial charge in [0.1, 0.15) is 31.0 Å². The van der Waals surface area contributed by atoms with Crippen molar-refractivity contribution >= 4 is 11.9 Å². The predicted octanol–water partition coefficient (Wildman–Crippen LogP) is -2.86. The second kappa shape index (κ2) is 8.60. The van der Waals surface area contributed by atoms with Crippen molar-refractivity contribution in [3.8, 4) is 11.5 Å². The molecule has 0 spiro atoms. The number of phenolic OH excluding ortho intramolecular Hbond substituents is 2. The Morgan fingerprint density at radius 2 is 1.52 bits per heavy atom. The molecule has 25 heavy (non-hydrogen) atoms. The number of phenols is 2. The molecule has 0 bridgehead atoms. The number of aliphatic hydroxyl groups is 5. The summed E-state index contributed by atoms with van der Waals surface area (Å²) in [7, 11) is 0. The highest BCUT2D eigenvalue weighted by Crippen LogP contribution is 2.25. The Hall–Kier alpha value is -2.44. The first-order valence-corrected chi connectivity index (χ1v) is 6.88. The quantitative estimate of drug-likeness (QED) is 0.174. The van der Waals surface area contributed by atoms with Crippen LogP contribution in [0.5, 0.6) is 11.5 Å². The first-order valence-electron chi connectivity index (χ1n) is 6.88. The van der Waals surface area contributed by atoms with Gasteiger partial charge in [-0.05, 0) is 18.2 Å². The van der Waals surface area contributed by atoms with Gasteiger partial charge in [0.05, 0.1) is 5.56 Å². The zero-order valence-corrected chi connectivity index (χ0v) is 12.6. The molecule has 0 fully saturated rings. The van der Waals surface area contributed by atoms with E-state index in [9.17, 15) is 35.1 Å². The minimum atomic E-state index is -2.40. The van der Waals surface area contributed by atoms with Crippen LogP contribution in [-0.4, -0.2) is 89.9 Å². The van der Waals surface area contributed by atoms with Crippen molar-refractivity contribution in [2.45, 2.75) is 30.5 Å². The van der Waals surface area contributed by atoms with Gasteiger partial charge in [-0.1, -0.05) is 0 Å². The molecule has 0 aliphatic rings. The van der Waals surface area contributed by atoms with Gasteiger partial charge < -0.3 is 45.6 Å². The Labute approximate surface area is 140 Å². The second-order valence-corrected chi connectivity index (χ2v) is 5.12. The molecule has 140 valence electrons. The molecule has 8 N–H and O–H groups in total. The number of carboxylic acid groups (broad SMARTS) is 1. The molecule has 0 aliphatic heterocycles. The number of carboxylic acids is 1. The number of aliphatic hydroxyl groups excluding tert-OH is 5. The highest BCUT2D eigenvalue weighted by atomic mass is 16.5. The molecule has 1 rings (SSSR count). The van der Waals surface area contributed by atoms with Gasteiger partial charge in [0.2, 0.25) is 0 Å². The molecular weight excluding hydrogens is 344 g/mol. The van der Waals surface area contributed by atoms with E-state index in [4.69, 9.17) is 15.3 Å². The summed E-state index contributed by atoms with van der Waals surface area (Å²) in [6, 6.07) is 3.02. The first-order chi connectivity index (χ1) is 11.6. The number of carbonyl (C=O) groups is 2. The van der Waals surface area contributed by atoms with Gasteiger partial charge in [-0.3, -0.25) is 0 Å². The van der Waals surface area contributed by atoms with Crippen molar-refractivity contribution in [1.29, 1.82) is 0 Å². The number of hydrogen-bond acceptors (Lipinski definition) is 10. The molecule has 0 heterocycles. The number of hydrogen-bond donors (Lipinski definition) is 8. The van der Waals surface area contributed by atoms with Crippen molar-refractivity contribution in [3.63, 3.8) is 0 Å². The van der Waals surface area contributed by atoms with E-state index in [0.717, 1.165) is 18.2 Å². The van der Waals surface area contributed by atoms with Crippen LogP contribution in [0.4, 0.5) is 0 Å². The first kappa shape index (κ1) is 20.6. The van der Waals surface area contributed by atoms with Gasteiger partial charge in [0, 0.05) is 0 Å². The van der Waals surface area contributed by atoms with Crippen LogP contribution in [-0.2, 0) is 9.53 Å². The van der Waals surface area contributed by atoms with Gasteiger partial charge >= 0.3 is 11.9 Å². The zero-order chi connectivity index (χ0) is 19.3. The van der Waals surface area contributed by atoms with Crippen LogP contribution in [0.2, 0.25) is 0 Å². The van der Waals surface area contributed by atoms with E-state index in [-0.39, 0.29) is 5.56 Å². The maximum Gasteiger partial charge on any atom is 0.338 e. The third-order valence-corrected chi connectivity index (χ3v) is 3.27. The molecule has 11 nitrogen and oxygen atoms in total. The van der Waals surface area contributed by atoms with Crippen molar-refractivity contribution in [1.82, 2.24) is 0 Å². The Morgan fingerprint density at radius 1 is 0.920 bits per heavy atom. The smallest absolute Gasteiger partial charge is 0.338 e. The number of rotatable bonds is 8. The van der Waals surface area contributed by atoms with Crippen LogP contribution in [0.1, 0.15) is 10.4 Å². The summed E-state index contributed by atoms with van der Waals surface area (Å²) < 4.78 is 4.63. The van der Waals surface area contributed by atoms with Crippen LogP contribution < -0.4 is 0 Å². The SMILES string of the molecule is O=C(OCC(O)C(O)C(O)C(O)C(O)C(=O)O)c1ccc(O)c(O)c1. The van der Waals surface area contributed by atoms with Crippen LogP contribution in [0.15, 0.2) is 18.2 Å². The molecular formula is C14H18O11. The van der Waals surface area contributed by atoms with Crippen molar-refractivity contribution in [3.05, 3.63) is 23.8 Å². The molecule has 1 aromatic carbocycles. The Bertz CT molecular complexity index is 617. The zero-order valence-electron chi connectivity index (χ0n) is 12.6. The summed E-state index contributed by atoms with van der Waals surface area (Å²) in [6.07, 6.45) is -11.0. The summed E-state index contributed by atoms with van der Waals surface area (Å²) in [5, 5.41) is 74.1. The lowest BCUT2D eigenvalue weighted by atomic mass is 9.99. The van der Waals surface area contributed by atoms with Crippen LogP contribution >= 0.6 is 0 Å². The summed E-state index contributed by atoms with van der Waals surface area (Å²) in [4.78, 5) is 22.2. The van der Waals surface area contributed by atoms with E-state index in [1.54, 1.807) is 0 Å². The topological polar surface area (TPSA) is 205 Å². The summed E-state index contributed by atoms with van der Waals surface area (Å²) in [6.45, 7) is -0.853. The number of benzene rings is 1. The number of aromatic hydroxyl groups is 2. The molecule has 0 aliphatic carbocycles. The van der Waals surface area contributed by atoms with E-state index in [0.29, 0.717) is 0 Å². The highest BCUT2D eigenvalue weighted by molar-refractivity contribution is 5.90. The molecule has 5 unspecified atom stereocenters. The second-order valence-electron chi connectivity index (χ2n) is 5.12. The maximum atomic E-state index is 11.7. The van der Waals surface area contributed by atoms with E-state index in [1.165, 1.54) is 0 Å². The highest BCUT2D eigenvalue weighted by Gasteiger charge is 2.37. The Kier molecular flexibility index (Phi) is 7.09. The van der Waals surface area contributed by atoms with E-state index in [2.05, 4.69) is 4.74 Å². The monoisotopic (exact) mass is 362 g/mol. The number of carbonyl (C=O) groups excluding carboxylic acids is 1. The van der Waals surface area contributed by atoms with Crippen LogP contribution in [0.25, 0.3) is 0 Å². The molecule has 0 amide bonds. The van der Waals surface area contributed by atoms with Crippen molar-refractivity contribution in [2.24, 2.45) is 0 Å². The number of esters is 1. The largest absolute Gasteiger partial charge is 0.504 e. The molecule has 5 atom stereocenters. The fourth-order valence-electron chi connectivity index (χ4n) is 1.76. The molecule has 0 saturated heterocycles. The molecule has 0 aromatic heterocycles. The van der Waals surface area contributed by atoms with E-state index < -0.39 is 60.6 Å².